The fourth-order valence-corrected chi connectivity index (χ4v) is 4.51. The molecular weight excluding hydrogens is 466 g/mol. The van der Waals surface area contributed by atoms with Crippen LogP contribution in [0, 0.1) is 6.92 Å². The number of ether oxygens (including phenoxy) is 2. The lowest BCUT2D eigenvalue weighted by Gasteiger charge is -2.29. The van der Waals surface area contributed by atoms with Crippen molar-refractivity contribution in [3.63, 3.8) is 0 Å². The third-order valence-electron chi connectivity index (χ3n) is 6.22. The third-order valence-corrected chi connectivity index (χ3v) is 6.22. The highest BCUT2D eigenvalue weighted by molar-refractivity contribution is 5.87. The molecule has 0 unspecified atom stereocenters. The van der Waals surface area contributed by atoms with E-state index >= 15 is 0 Å². The minimum atomic E-state index is 0.593. The number of hydrogen-bond acceptors (Lipinski definition) is 7. The summed E-state index contributed by atoms with van der Waals surface area (Å²) in [6, 6.07) is 12.7. The van der Waals surface area contributed by atoms with Gasteiger partial charge in [0.05, 0.1) is 43.2 Å². The second kappa shape index (κ2) is 12.3. The Morgan fingerprint density at radius 3 is 2.57 bits per heavy atom. The standard InChI is InChI=1S/C26H33N7O2.C2H6/c1-19-6-5-7-20(14-19)22-15-21(17-30(2)3)33(29-22)24-16-23(31-9-12-35-13-10-31)25-26(28-24)32(18-27-25)8-11-34-4;1-2/h5-7,14-16,18H,8-13,17H2,1-4H3;1-2H3. The smallest absolute Gasteiger partial charge is 0.164 e. The lowest BCUT2D eigenvalue weighted by atomic mass is 10.1. The first-order valence-electron chi connectivity index (χ1n) is 13.0. The van der Waals surface area contributed by atoms with E-state index < -0.39 is 0 Å². The van der Waals surface area contributed by atoms with Crippen molar-refractivity contribution in [2.24, 2.45) is 0 Å². The van der Waals surface area contributed by atoms with Crippen LogP contribution in [0.4, 0.5) is 5.69 Å². The van der Waals surface area contributed by atoms with E-state index in [9.17, 15) is 0 Å². The monoisotopic (exact) mass is 505 g/mol. The zero-order valence-electron chi connectivity index (χ0n) is 22.9. The Kier molecular flexibility index (Phi) is 8.91. The molecule has 4 heterocycles. The Morgan fingerprint density at radius 2 is 1.86 bits per heavy atom. The quantitative estimate of drug-likeness (QED) is 0.356. The second-order valence-electron chi connectivity index (χ2n) is 9.24. The summed E-state index contributed by atoms with van der Waals surface area (Å²) >= 11 is 0. The fourth-order valence-electron chi connectivity index (χ4n) is 4.51. The Bertz CT molecular complexity index is 1310. The van der Waals surface area contributed by atoms with Crippen LogP contribution in [0.3, 0.4) is 0 Å². The van der Waals surface area contributed by atoms with E-state index in [1.54, 1.807) is 7.11 Å². The van der Waals surface area contributed by atoms with Crippen molar-refractivity contribution >= 4 is 16.9 Å². The summed E-state index contributed by atoms with van der Waals surface area (Å²) in [5.41, 5.74) is 7.12. The first-order valence-corrected chi connectivity index (χ1v) is 13.0. The lowest BCUT2D eigenvalue weighted by molar-refractivity contribution is 0.123. The maximum Gasteiger partial charge on any atom is 0.164 e. The molecule has 1 fully saturated rings. The number of pyridine rings is 1. The topological polar surface area (TPSA) is 73.5 Å². The number of benzene rings is 1. The van der Waals surface area contributed by atoms with Gasteiger partial charge in [0.1, 0.15) is 5.52 Å². The first kappa shape index (κ1) is 26.8. The number of aryl methyl sites for hydroxylation is 1. The van der Waals surface area contributed by atoms with Crippen LogP contribution < -0.4 is 4.90 Å². The van der Waals surface area contributed by atoms with Crippen LogP contribution in [0.2, 0.25) is 0 Å². The van der Waals surface area contributed by atoms with Gasteiger partial charge in [0.2, 0.25) is 0 Å². The van der Waals surface area contributed by atoms with Gasteiger partial charge in [-0.05, 0) is 33.2 Å². The molecule has 4 aromatic rings. The maximum absolute atomic E-state index is 5.61. The fraction of sp³-hybridized carbons (Fsp3) is 0.464. The molecule has 9 nitrogen and oxygen atoms in total. The van der Waals surface area contributed by atoms with Gasteiger partial charge in [-0.1, -0.05) is 37.6 Å². The van der Waals surface area contributed by atoms with Gasteiger partial charge in [0, 0.05) is 44.9 Å². The SMILES string of the molecule is CC.COCCn1cnc2c(N3CCOCC3)cc(-n3nc(-c4cccc(C)c4)cc3CN(C)C)nc21. The number of hydrogen-bond donors (Lipinski definition) is 0. The summed E-state index contributed by atoms with van der Waals surface area (Å²) in [4.78, 5) is 14.3. The van der Waals surface area contributed by atoms with Crippen molar-refractivity contribution in [2.75, 3.05) is 59.0 Å². The van der Waals surface area contributed by atoms with Crippen LogP contribution >= 0.6 is 0 Å². The molecule has 9 heteroatoms. The summed E-state index contributed by atoms with van der Waals surface area (Å²) in [6.45, 7) is 11.2. The largest absolute Gasteiger partial charge is 0.383 e. The van der Waals surface area contributed by atoms with E-state index in [1.165, 1.54) is 5.56 Å². The number of morpholine rings is 1. The molecule has 1 aromatic carbocycles. The van der Waals surface area contributed by atoms with Crippen LogP contribution in [0.5, 0.6) is 0 Å². The summed E-state index contributed by atoms with van der Waals surface area (Å²) < 4.78 is 15.0. The van der Waals surface area contributed by atoms with Crippen molar-refractivity contribution in [3.8, 4) is 17.1 Å². The van der Waals surface area contributed by atoms with Gasteiger partial charge in [0.15, 0.2) is 11.5 Å². The second-order valence-corrected chi connectivity index (χ2v) is 9.24. The summed E-state index contributed by atoms with van der Waals surface area (Å²) in [7, 11) is 5.85. The van der Waals surface area contributed by atoms with Gasteiger partial charge in [-0.15, -0.1) is 0 Å². The van der Waals surface area contributed by atoms with Crippen molar-refractivity contribution in [1.29, 1.82) is 0 Å². The summed E-state index contributed by atoms with van der Waals surface area (Å²) in [5.74, 6) is 0.786. The predicted molar refractivity (Wildman–Crippen MR) is 148 cm³/mol. The number of aromatic nitrogens is 5. The Hall–Kier alpha value is -3.27. The molecule has 5 rings (SSSR count). The molecule has 0 aliphatic carbocycles. The molecule has 0 bridgehead atoms. The van der Waals surface area contributed by atoms with Gasteiger partial charge >= 0.3 is 0 Å². The molecule has 37 heavy (non-hydrogen) atoms. The van der Waals surface area contributed by atoms with E-state index in [2.05, 4.69) is 71.8 Å². The van der Waals surface area contributed by atoms with Gasteiger partial charge in [-0.2, -0.15) is 5.10 Å². The van der Waals surface area contributed by atoms with Crippen LogP contribution in [-0.4, -0.2) is 83.3 Å². The summed E-state index contributed by atoms with van der Waals surface area (Å²) in [5, 5.41) is 5.04. The predicted octanol–water partition coefficient (Wildman–Crippen LogP) is 4.16. The van der Waals surface area contributed by atoms with Crippen LogP contribution in [-0.2, 0) is 22.6 Å². The number of fused-ring (bicyclic) bond motifs is 1. The van der Waals surface area contributed by atoms with Crippen molar-refractivity contribution in [2.45, 2.75) is 33.9 Å². The van der Waals surface area contributed by atoms with Crippen LogP contribution in [0.1, 0.15) is 25.1 Å². The van der Waals surface area contributed by atoms with Gasteiger partial charge < -0.3 is 23.8 Å². The zero-order valence-corrected chi connectivity index (χ0v) is 22.9. The Labute approximate surface area is 219 Å². The Balaban J connectivity index is 0.00000156. The van der Waals surface area contributed by atoms with E-state index in [4.69, 9.17) is 24.5 Å². The minimum Gasteiger partial charge on any atom is -0.383 e. The molecule has 1 aliphatic heterocycles. The summed E-state index contributed by atoms with van der Waals surface area (Å²) in [6.07, 6.45) is 1.85. The molecule has 198 valence electrons. The zero-order chi connectivity index (χ0) is 26.4. The highest BCUT2D eigenvalue weighted by Crippen LogP contribution is 2.30. The number of anilines is 1. The van der Waals surface area contributed by atoms with Crippen molar-refractivity contribution in [3.05, 3.63) is 54.0 Å². The molecular formula is C28H39N7O2. The molecule has 0 amide bonds. The van der Waals surface area contributed by atoms with Crippen molar-refractivity contribution < 1.29 is 9.47 Å². The molecule has 0 N–H and O–H groups in total. The molecule has 3 aromatic heterocycles. The number of nitrogens with zero attached hydrogens (tertiary/aromatic N) is 7. The highest BCUT2D eigenvalue weighted by Gasteiger charge is 2.21. The maximum atomic E-state index is 5.61. The Morgan fingerprint density at radius 1 is 1.08 bits per heavy atom. The number of methoxy groups -OCH3 is 1. The van der Waals surface area contributed by atoms with Crippen LogP contribution in [0.15, 0.2) is 42.7 Å². The van der Waals surface area contributed by atoms with Gasteiger partial charge in [-0.25, -0.2) is 14.6 Å². The normalized spacial score (nSPS) is 13.8. The average molecular weight is 506 g/mol. The minimum absolute atomic E-state index is 0.593. The third kappa shape index (κ3) is 6.01. The molecule has 0 radical (unpaired) electrons. The highest BCUT2D eigenvalue weighted by atomic mass is 16.5. The van der Waals surface area contributed by atoms with Crippen molar-refractivity contribution in [1.82, 2.24) is 29.2 Å². The van der Waals surface area contributed by atoms with Crippen LogP contribution in [0.25, 0.3) is 28.2 Å². The van der Waals surface area contributed by atoms with E-state index in [-0.39, 0.29) is 0 Å². The molecule has 0 spiro atoms. The molecule has 1 saturated heterocycles. The number of rotatable bonds is 8. The number of imidazole rings is 1. The van der Waals surface area contributed by atoms with E-state index in [1.807, 2.05) is 24.9 Å². The molecule has 0 atom stereocenters. The molecule has 1 aliphatic rings. The first-order chi connectivity index (χ1) is 18.0. The molecule has 0 saturated carbocycles. The average Bonchev–Trinajstić information content (AvgIpc) is 3.52. The van der Waals surface area contributed by atoms with Gasteiger partial charge in [-0.3, -0.25) is 0 Å². The van der Waals surface area contributed by atoms with E-state index in [0.29, 0.717) is 26.4 Å². The van der Waals surface area contributed by atoms with Gasteiger partial charge in [0.25, 0.3) is 0 Å². The lowest BCUT2D eigenvalue weighted by Crippen LogP contribution is -2.36. The van der Waals surface area contributed by atoms with E-state index in [0.717, 1.165) is 59.3 Å².